The third kappa shape index (κ3) is 4.21. The molecule has 11 heteroatoms. The molecule has 33 heavy (non-hydrogen) atoms. The number of H-pyrrole nitrogens is 1. The van der Waals surface area contributed by atoms with Gasteiger partial charge in [0.1, 0.15) is 17.2 Å². The number of aromatic amines is 1. The van der Waals surface area contributed by atoms with Gasteiger partial charge in [0, 0.05) is 30.9 Å². The van der Waals surface area contributed by atoms with Gasteiger partial charge in [-0.15, -0.1) is 0 Å². The number of aliphatic imine (C=N–C) groups is 1. The Bertz CT molecular complexity index is 1150. The summed E-state index contributed by atoms with van der Waals surface area (Å²) in [4.78, 5) is 8.19. The van der Waals surface area contributed by atoms with Crippen molar-refractivity contribution < 1.29 is 17.9 Å². The predicted octanol–water partition coefficient (Wildman–Crippen LogP) is 2.24. The number of anilines is 2. The number of ether oxygens (including phenoxy) is 2. The van der Waals surface area contributed by atoms with Crippen molar-refractivity contribution in [2.45, 2.75) is 36.2 Å². The van der Waals surface area contributed by atoms with Gasteiger partial charge < -0.3 is 30.8 Å². The fraction of sp³-hybridized carbons (Fsp3) is 0.500. The van der Waals surface area contributed by atoms with Crippen LogP contribution >= 0.6 is 0 Å². The number of benzene rings is 1. The van der Waals surface area contributed by atoms with E-state index in [0.717, 1.165) is 17.8 Å². The normalized spacial score (nSPS) is 23.8. The number of hydrogen-bond donors (Lipinski definition) is 4. The Balaban J connectivity index is 1.41. The van der Waals surface area contributed by atoms with Gasteiger partial charge in [-0.2, -0.15) is 4.31 Å². The van der Waals surface area contributed by atoms with E-state index in [2.05, 4.69) is 15.6 Å². The van der Waals surface area contributed by atoms with E-state index >= 15 is 0 Å². The number of guanidine groups is 1. The van der Waals surface area contributed by atoms with E-state index in [4.69, 9.17) is 20.2 Å². The summed E-state index contributed by atoms with van der Waals surface area (Å²) >= 11 is 0. The maximum absolute atomic E-state index is 13.0. The van der Waals surface area contributed by atoms with Gasteiger partial charge in [0.25, 0.3) is 0 Å². The van der Waals surface area contributed by atoms with Crippen molar-refractivity contribution >= 4 is 27.5 Å². The summed E-state index contributed by atoms with van der Waals surface area (Å²) in [7, 11) is -2.12. The summed E-state index contributed by atoms with van der Waals surface area (Å²) in [6.45, 7) is 1.46. The van der Waals surface area contributed by atoms with Crippen LogP contribution in [0.5, 0.6) is 5.75 Å². The molecule has 3 aliphatic rings. The number of rotatable bonds is 6. The Kier molecular flexibility index (Phi) is 5.81. The van der Waals surface area contributed by atoms with Gasteiger partial charge >= 0.3 is 0 Å². The summed E-state index contributed by atoms with van der Waals surface area (Å²) in [6, 6.07) is 6.75. The van der Waals surface area contributed by atoms with Crippen molar-refractivity contribution in [1.82, 2.24) is 9.29 Å². The van der Waals surface area contributed by atoms with Crippen molar-refractivity contribution in [3.63, 3.8) is 0 Å². The highest BCUT2D eigenvalue weighted by atomic mass is 32.2. The molecule has 0 spiro atoms. The minimum Gasteiger partial charge on any atom is -0.495 e. The molecule has 2 aromatic rings. The lowest BCUT2D eigenvalue weighted by Gasteiger charge is -2.37. The molecule has 5 N–H and O–H groups in total. The predicted molar refractivity (Wildman–Crippen MR) is 126 cm³/mol. The zero-order valence-corrected chi connectivity index (χ0v) is 19.5. The summed E-state index contributed by atoms with van der Waals surface area (Å²) < 4.78 is 38.3. The van der Waals surface area contributed by atoms with Crippen LogP contribution in [0.4, 0.5) is 11.5 Å². The minimum absolute atomic E-state index is 0.176. The van der Waals surface area contributed by atoms with E-state index in [1.807, 2.05) is 12.3 Å². The van der Waals surface area contributed by atoms with Gasteiger partial charge in [-0.1, -0.05) is 19.3 Å². The number of methoxy groups -OCH3 is 1. The number of fused-ring (bicyclic) bond motifs is 1. The zero-order chi connectivity index (χ0) is 23.1. The van der Waals surface area contributed by atoms with Crippen molar-refractivity contribution in [3.8, 4) is 5.75 Å². The second-order valence-corrected chi connectivity index (χ2v) is 10.7. The average Bonchev–Trinajstić information content (AvgIpc) is 3.27. The Morgan fingerprint density at radius 2 is 2.09 bits per heavy atom. The molecule has 3 heterocycles. The van der Waals surface area contributed by atoms with E-state index in [9.17, 15) is 8.42 Å². The van der Waals surface area contributed by atoms with Crippen LogP contribution in [0.25, 0.3) is 0 Å². The van der Waals surface area contributed by atoms with Crippen LogP contribution in [-0.2, 0) is 20.4 Å². The van der Waals surface area contributed by atoms with Gasteiger partial charge in [-0.05, 0) is 30.5 Å². The van der Waals surface area contributed by atoms with Gasteiger partial charge in [0.05, 0.1) is 30.9 Å². The highest BCUT2D eigenvalue weighted by Crippen LogP contribution is 2.41. The molecule has 1 saturated heterocycles. The second kappa shape index (κ2) is 8.64. The van der Waals surface area contributed by atoms with Gasteiger partial charge in [0.2, 0.25) is 16.0 Å². The molecule has 2 fully saturated rings. The lowest BCUT2D eigenvalue weighted by molar-refractivity contribution is 0.0730. The number of nitrogens with one attached hydrogen (secondary N) is 3. The second-order valence-electron chi connectivity index (χ2n) is 8.78. The van der Waals surface area contributed by atoms with Crippen molar-refractivity contribution in [3.05, 3.63) is 36.0 Å². The molecule has 0 amide bonds. The Hall–Kier alpha value is -2.60. The van der Waals surface area contributed by atoms with E-state index in [1.165, 1.54) is 36.7 Å². The first kappa shape index (κ1) is 22.2. The monoisotopic (exact) mass is 474 g/mol. The van der Waals surface area contributed by atoms with Crippen LogP contribution in [0.3, 0.4) is 0 Å². The fourth-order valence-corrected chi connectivity index (χ4v) is 6.01. The number of sulfonamides is 1. The molecule has 0 radical (unpaired) electrons. The minimum atomic E-state index is -3.63. The molecule has 1 aliphatic carbocycles. The first-order chi connectivity index (χ1) is 15.9. The number of hydrogen-bond acceptors (Lipinski definition) is 8. The van der Waals surface area contributed by atoms with Crippen molar-refractivity contribution in [2.75, 3.05) is 44.0 Å². The van der Waals surface area contributed by atoms with E-state index in [0.29, 0.717) is 49.6 Å². The van der Waals surface area contributed by atoms with Crippen LogP contribution in [-0.4, -0.2) is 57.1 Å². The maximum Gasteiger partial charge on any atom is 0.243 e. The fourth-order valence-electron chi connectivity index (χ4n) is 4.59. The summed E-state index contributed by atoms with van der Waals surface area (Å²) in [5.41, 5.74) is 7.49. The maximum atomic E-state index is 13.0. The van der Waals surface area contributed by atoms with Crippen LogP contribution in [0.1, 0.15) is 31.2 Å². The van der Waals surface area contributed by atoms with Gasteiger partial charge in [-0.25, -0.2) is 13.4 Å². The molecule has 0 bridgehead atoms. The molecule has 2 aliphatic heterocycles. The molecule has 1 saturated carbocycles. The number of aromatic nitrogens is 1. The average molecular weight is 475 g/mol. The standard InChI is InChI=1S/C22H30N6O4S/c1-31-19-13-16(33(29,30)28-9-11-32-12-10-28)5-6-18(19)25-21-26-20-17(7-8-24-20)22(23,27-21)14-15-3-2-4-15/h5-8,13,15,24H,2-4,9-12,14,23H2,1H3,(H2,25,26,27). The van der Waals surface area contributed by atoms with Crippen LogP contribution in [0, 0.1) is 5.92 Å². The van der Waals surface area contributed by atoms with Crippen molar-refractivity contribution in [2.24, 2.45) is 16.6 Å². The van der Waals surface area contributed by atoms with E-state index in [1.54, 1.807) is 12.1 Å². The number of nitrogens with two attached hydrogens (primary N) is 1. The van der Waals surface area contributed by atoms with Crippen LogP contribution in [0.2, 0.25) is 0 Å². The Morgan fingerprint density at radius 1 is 1.30 bits per heavy atom. The van der Waals surface area contributed by atoms with E-state index in [-0.39, 0.29) is 4.90 Å². The zero-order valence-electron chi connectivity index (χ0n) is 18.6. The number of morpholine rings is 1. The van der Waals surface area contributed by atoms with E-state index < -0.39 is 15.7 Å². The third-order valence-corrected chi connectivity index (χ3v) is 8.52. The molecule has 5 rings (SSSR count). The molecule has 10 nitrogen and oxygen atoms in total. The molecule has 1 unspecified atom stereocenters. The highest BCUT2D eigenvalue weighted by molar-refractivity contribution is 7.89. The lowest BCUT2D eigenvalue weighted by Crippen LogP contribution is -2.44. The van der Waals surface area contributed by atoms with Crippen LogP contribution in [0.15, 0.2) is 40.4 Å². The largest absolute Gasteiger partial charge is 0.495 e. The Morgan fingerprint density at radius 3 is 2.79 bits per heavy atom. The molecular formula is C22H30N6O4S. The molecule has 1 aromatic carbocycles. The summed E-state index contributed by atoms with van der Waals surface area (Å²) in [5.74, 6) is 2.25. The summed E-state index contributed by atoms with van der Waals surface area (Å²) in [6.07, 6.45) is 6.22. The third-order valence-electron chi connectivity index (χ3n) is 6.63. The molecule has 1 aromatic heterocycles. The quantitative estimate of drug-likeness (QED) is 0.504. The number of nitrogens with zero attached hydrogens (tertiary/aromatic N) is 2. The molecular weight excluding hydrogens is 444 g/mol. The molecule has 1 atom stereocenters. The first-order valence-corrected chi connectivity index (χ1v) is 12.7. The highest BCUT2D eigenvalue weighted by Gasteiger charge is 2.38. The van der Waals surface area contributed by atoms with Crippen molar-refractivity contribution in [1.29, 1.82) is 0 Å². The summed E-state index contributed by atoms with van der Waals surface area (Å²) in [5, 5.41) is 6.48. The van der Waals surface area contributed by atoms with Gasteiger partial charge in [0.15, 0.2) is 0 Å². The van der Waals surface area contributed by atoms with Gasteiger partial charge in [-0.3, -0.25) is 0 Å². The topological polar surface area (TPSA) is 134 Å². The smallest absolute Gasteiger partial charge is 0.243 e. The molecule has 178 valence electrons. The Labute approximate surface area is 193 Å². The first-order valence-electron chi connectivity index (χ1n) is 11.3. The SMILES string of the molecule is COc1cc(S(=O)(=O)N2CCOCC2)ccc1NC1=NC(N)(CC2CCC2)c2cc[nH]c2N1. The van der Waals surface area contributed by atoms with Crippen LogP contribution < -0.4 is 21.1 Å². The lowest BCUT2D eigenvalue weighted by atomic mass is 9.77.